The van der Waals surface area contributed by atoms with E-state index in [1.165, 1.54) is 0 Å². The van der Waals surface area contributed by atoms with Crippen molar-refractivity contribution in [1.29, 1.82) is 0 Å². The molecule has 7 atom stereocenters. The van der Waals surface area contributed by atoms with Crippen molar-refractivity contribution in [2.75, 3.05) is 0 Å². The molecule has 7 heteroatoms. The molecule has 7 nitrogen and oxygen atoms in total. The first-order valence-electron chi connectivity index (χ1n) is 11.2. The maximum Gasteiger partial charge on any atom is 0.313 e. The van der Waals surface area contributed by atoms with Crippen molar-refractivity contribution < 1.29 is 33.3 Å². The highest BCUT2D eigenvalue weighted by Gasteiger charge is 2.72. The fourth-order valence-electron chi connectivity index (χ4n) is 5.07. The Balaban J connectivity index is 1.87. The molecule has 3 heterocycles. The van der Waals surface area contributed by atoms with Crippen molar-refractivity contribution in [1.82, 2.24) is 0 Å². The second-order valence-corrected chi connectivity index (χ2v) is 12.7. The zero-order valence-electron chi connectivity index (χ0n) is 20.5. The highest BCUT2D eigenvalue weighted by molar-refractivity contribution is 5.87. The van der Waals surface area contributed by atoms with Crippen molar-refractivity contribution >= 4 is 17.9 Å². The first-order chi connectivity index (χ1) is 13.9. The molecule has 0 aromatic rings. The summed E-state index contributed by atoms with van der Waals surface area (Å²) in [6.07, 6.45) is -2.21. The minimum atomic E-state index is -0.836. The van der Waals surface area contributed by atoms with Crippen molar-refractivity contribution in [2.24, 2.45) is 28.1 Å². The average Bonchev–Trinajstić information content (AvgIpc) is 3.13. The Kier molecular flexibility index (Phi) is 5.57. The second kappa shape index (κ2) is 7.19. The van der Waals surface area contributed by atoms with E-state index < -0.39 is 59.2 Å². The molecule has 0 aromatic heterocycles. The number of fused-ring (bicyclic) bond motifs is 1. The molecule has 0 saturated carbocycles. The van der Waals surface area contributed by atoms with E-state index in [4.69, 9.17) is 18.9 Å². The smallest absolute Gasteiger partial charge is 0.313 e. The van der Waals surface area contributed by atoms with Crippen LogP contribution in [-0.2, 0) is 33.3 Å². The third-order valence-electron chi connectivity index (χ3n) is 6.82. The molecular weight excluding hydrogens is 400 g/mol. The molecule has 3 aliphatic heterocycles. The minimum absolute atomic E-state index is 0.101. The quantitative estimate of drug-likeness (QED) is 0.489. The van der Waals surface area contributed by atoms with Crippen LogP contribution in [0.5, 0.6) is 0 Å². The van der Waals surface area contributed by atoms with E-state index in [9.17, 15) is 14.4 Å². The lowest BCUT2D eigenvalue weighted by molar-refractivity contribution is -0.182. The van der Waals surface area contributed by atoms with Crippen LogP contribution < -0.4 is 0 Å². The molecule has 3 rings (SSSR count). The van der Waals surface area contributed by atoms with Crippen LogP contribution in [0.15, 0.2) is 0 Å². The van der Waals surface area contributed by atoms with E-state index in [1.807, 2.05) is 27.7 Å². The molecule has 3 fully saturated rings. The lowest BCUT2D eigenvalue weighted by Gasteiger charge is -2.44. The molecule has 0 spiro atoms. The van der Waals surface area contributed by atoms with Crippen LogP contribution in [-0.4, -0.2) is 47.9 Å². The summed E-state index contributed by atoms with van der Waals surface area (Å²) in [5.41, 5.74) is -1.95. The third kappa shape index (κ3) is 4.22. The van der Waals surface area contributed by atoms with Gasteiger partial charge in [-0.3, -0.25) is 14.4 Å². The Bertz CT molecular complexity index is 766. The largest absolute Gasteiger partial charge is 0.460 e. The predicted molar refractivity (Wildman–Crippen MR) is 113 cm³/mol. The molecule has 3 aliphatic rings. The van der Waals surface area contributed by atoms with Gasteiger partial charge >= 0.3 is 17.9 Å². The Labute approximate surface area is 185 Å². The van der Waals surface area contributed by atoms with Gasteiger partial charge in [0, 0.05) is 0 Å². The summed E-state index contributed by atoms with van der Waals surface area (Å²) in [6.45, 7) is 19.6. The summed E-state index contributed by atoms with van der Waals surface area (Å²) in [5.74, 6) is -2.91. The summed E-state index contributed by atoms with van der Waals surface area (Å²) in [7, 11) is 0. The second-order valence-electron chi connectivity index (χ2n) is 12.7. The highest BCUT2D eigenvalue weighted by Crippen LogP contribution is 2.53. The highest BCUT2D eigenvalue weighted by atomic mass is 16.7. The van der Waals surface area contributed by atoms with Crippen LogP contribution in [0.1, 0.15) is 75.7 Å². The molecule has 0 N–H and O–H groups in total. The zero-order chi connectivity index (χ0) is 23.7. The standard InChI is InChI=1S/C24H38O7/c1-21(2,3)11-24(10,22(4,5)6)20(27)30-17-15-13(19(26)31-23(7,8)9)12-14(28-15)16(17)29-18(12)25/h12-17H,11H2,1-10H3. The molecule has 0 aromatic carbocycles. The SMILES string of the molecule is CC(C)(C)CC(C)(C(=O)OC1C2OC(=O)C3C2OC1C3C(=O)OC(C)(C)C)C(C)(C)C. The Morgan fingerprint density at radius 2 is 1.48 bits per heavy atom. The lowest BCUT2D eigenvalue weighted by Crippen LogP contribution is -2.52. The fourth-order valence-corrected chi connectivity index (χ4v) is 5.07. The third-order valence-corrected chi connectivity index (χ3v) is 6.82. The van der Waals surface area contributed by atoms with Gasteiger partial charge in [0.25, 0.3) is 0 Å². The van der Waals surface area contributed by atoms with Crippen LogP contribution in [0.2, 0.25) is 0 Å². The Morgan fingerprint density at radius 1 is 0.903 bits per heavy atom. The molecule has 0 aliphatic carbocycles. The molecular formula is C24H38O7. The van der Waals surface area contributed by atoms with E-state index in [-0.39, 0.29) is 16.8 Å². The monoisotopic (exact) mass is 438 g/mol. The van der Waals surface area contributed by atoms with E-state index >= 15 is 0 Å². The van der Waals surface area contributed by atoms with E-state index in [0.29, 0.717) is 6.42 Å². The predicted octanol–water partition coefficient (Wildman–Crippen LogP) is 3.67. The number of hydrogen-bond donors (Lipinski definition) is 0. The normalized spacial score (nSPS) is 34.3. The number of carbonyl (C=O) groups excluding carboxylic acids is 3. The van der Waals surface area contributed by atoms with Crippen LogP contribution in [0, 0.1) is 28.1 Å². The maximum atomic E-state index is 13.5. The van der Waals surface area contributed by atoms with Gasteiger partial charge in [-0.05, 0) is 44.9 Å². The zero-order valence-corrected chi connectivity index (χ0v) is 20.5. The maximum absolute atomic E-state index is 13.5. The molecule has 2 bridgehead atoms. The Hall–Kier alpha value is -1.63. The van der Waals surface area contributed by atoms with Crippen molar-refractivity contribution in [2.45, 2.75) is 106 Å². The van der Waals surface area contributed by atoms with Gasteiger partial charge in [0.2, 0.25) is 0 Å². The van der Waals surface area contributed by atoms with Gasteiger partial charge in [-0.15, -0.1) is 0 Å². The van der Waals surface area contributed by atoms with Crippen molar-refractivity contribution in [3.8, 4) is 0 Å². The molecule has 0 radical (unpaired) electrons. The number of ether oxygens (including phenoxy) is 4. The van der Waals surface area contributed by atoms with E-state index in [2.05, 4.69) is 20.8 Å². The van der Waals surface area contributed by atoms with Gasteiger partial charge in [0.05, 0.1) is 5.41 Å². The first kappa shape index (κ1) is 24.0. The van der Waals surface area contributed by atoms with Crippen molar-refractivity contribution in [3.05, 3.63) is 0 Å². The summed E-state index contributed by atoms with van der Waals surface area (Å²) < 4.78 is 23.0. The molecule has 31 heavy (non-hydrogen) atoms. The number of rotatable bonds is 4. The van der Waals surface area contributed by atoms with Crippen LogP contribution in [0.3, 0.4) is 0 Å². The molecule has 0 amide bonds. The van der Waals surface area contributed by atoms with Crippen LogP contribution >= 0.6 is 0 Å². The van der Waals surface area contributed by atoms with E-state index in [0.717, 1.165) is 0 Å². The van der Waals surface area contributed by atoms with Crippen LogP contribution in [0.25, 0.3) is 0 Å². The summed E-state index contributed by atoms with van der Waals surface area (Å²) in [4.78, 5) is 39.0. The lowest BCUT2D eigenvalue weighted by atomic mass is 9.61. The van der Waals surface area contributed by atoms with Crippen molar-refractivity contribution in [3.63, 3.8) is 0 Å². The van der Waals surface area contributed by atoms with Gasteiger partial charge < -0.3 is 18.9 Å². The molecule has 176 valence electrons. The van der Waals surface area contributed by atoms with Gasteiger partial charge in [-0.2, -0.15) is 0 Å². The molecule has 3 saturated heterocycles. The summed E-state index contributed by atoms with van der Waals surface area (Å²) >= 11 is 0. The van der Waals surface area contributed by atoms with Gasteiger partial charge in [0.15, 0.2) is 12.2 Å². The average molecular weight is 439 g/mol. The Morgan fingerprint density at radius 3 is 1.97 bits per heavy atom. The van der Waals surface area contributed by atoms with E-state index in [1.54, 1.807) is 20.8 Å². The summed E-state index contributed by atoms with van der Waals surface area (Å²) in [6, 6.07) is 0. The topological polar surface area (TPSA) is 88.1 Å². The van der Waals surface area contributed by atoms with Gasteiger partial charge in [0.1, 0.15) is 29.6 Å². The molecule has 7 unspecified atom stereocenters. The first-order valence-corrected chi connectivity index (χ1v) is 11.2. The summed E-state index contributed by atoms with van der Waals surface area (Å²) in [5, 5.41) is 0. The van der Waals surface area contributed by atoms with Crippen LogP contribution in [0.4, 0.5) is 0 Å². The fraction of sp³-hybridized carbons (Fsp3) is 0.875. The van der Waals surface area contributed by atoms with Gasteiger partial charge in [-0.1, -0.05) is 41.5 Å². The minimum Gasteiger partial charge on any atom is -0.460 e. The van der Waals surface area contributed by atoms with Gasteiger partial charge in [-0.25, -0.2) is 0 Å². The number of hydrogen-bond acceptors (Lipinski definition) is 7. The number of carbonyl (C=O) groups is 3. The number of esters is 3.